The van der Waals surface area contributed by atoms with Crippen LogP contribution >= 0.6 is 23.2 Å². The maximum Gasteiger partial charge on any atom is 0.264 e. The van der Waals surface area contributed by atoms with Crippen LogP contribution in [0.2, 0.25) is 10.0 Å². The third-order valence-corrected chi connectivity index (χ3v) is 11.8. The first-order chi connectivity index (χ1) is 23.4. The number of hydrogen-bond donors (Lipinski definition) is 1. The number of carbonyl (C=O) groups is 2. The van der Waals surface area contributed by atoms with E-state index in [1.54, 1.807) is 54.6 Å². The Labute approximate surface area is 300 Å². The topological polar surface area (TPSA) is 86.8 Å². The van der Waals surface area contributed by atoms with E-state index in [1.165, 1.54) is 4.90 Å². The smallest absolute Gasteiger partial charge is 0.264 e. The summed E-state index contributed by atoms with van der Waals surface area (Å²) in [5.41, 5.74) is 4.44. The number of aryl methyl sites for hydroxylation is 3. The molecule has 4 aromatic rings. The van der Waals surface area contributed by atoms with E-state index >= 15 is 0 Å². The van der Waals surface area contributed by atoms with Crippen molar-refractivity contribution in [1.29, 1.82) is 0 Å². The van der Waals surface area contributed by atoms with Gasteiger partial charge < -0.3 is 10.2 Å². The SMILES string of the molecule is Cc1ccc(S(=O)(=O)N(CC(=O)N(Cc2c(Cl)cccc2Cl)[C@H](Cc2ccccc2)C(=O)NC2CCCCC2)c2ccc(C)c(C)c2)cc1. The second kappa shape index (κ2) is 16.2. The largest absolute Gasteiger partial charge is 0.352 e. The van der Waals surface area contributed by atoms with Crippen LogP contribution in [0.15, 0.2) is 95.9 Å². The van der Waals surface area contributed by atoms with Gasteiger partial charge in [-0.05, 0) is 86.7 Å². The lowest BCUT2D eigenvalue weighted by Crippen LogP contribution is -2.55. The van der Waals surface area contributed by atoms with E-state index in [-0.39, 0.29) is 29.8 Å². The standard InChI is InChI=1S/C39H43Cl2N3O4S/c1-27-17-21-33(22-18-27)49(47,48)44(32-20-19-28(2)29(3)23-32)26-38(45)43(25-34-35(40)15-10-16-36(34)41)37(24-30-11-6-4-7-12-30)39(46)42-31-13-8-5-9-14-31/h4,6-7,10-12,15-23,31,37H,5,8-9,13-14,24-26H2,1-3H3,(H,42,46)/t37-/m1/s1. The molecule has 4 aromatic carbocycles. The number of hydrogen-bond acceptors (Lipinski definition) is 4. The van der Waals surface area contributed by atoms with Gasteiger partial charge in [0.05, 0.1) is 10.6 Å². The van der Waals surface area contributed by atoms with E-state index < -0.39 is 28.5 Å². The molecule has 7 nitrogen and oxygen atoms in total. The zero-order chi connectivity index (χ0) is 35.1. The number of amides is 2. The number of benzene rings is 4. The molecular formula is C39H43Cl2N3O4S. The highest BCUT2D eigenvalue weighted by Crippen LogP contribution is 2.30. The summed E-state index contributed by atoms with van der Waals surface area (Å²) in [4.78, 5) is 30.6. The van der Waals surface area contributed by atoms with E-state index in [4.69, 9.17) is 23.2 Å². The Morgan fingerprint density at radius 1 is 0.816 bits per heavy atom. The molecule has 10 heteroatoms. The van der Waals surface area contributed by atoms with Crippen molar-refractivity contribution in [1.82, 2.24) is 10.2 Å². The van der Waals surface area contributed by atoms with Crippen LogP contribution in [-0.4, -0.2) is 43.8 Å². The monoisotopic (exact) mass is 719 g/mol. The quantitative estimate of drug-likeness (QED) is 0.160. The van der Waals surface area contributed by atoms with Crippen LogP contribution in [0.3, 0.4) is 0 Å². The van der Waals surface area contributed by atoms with Crippen molar-refractivity contribution in [2.24, 2.45) is 0 Å². The van der Waals surface area contributed by atoms with Gasteiger partial charge >= 0.3 is 0 Å². The molecule has 1 fully saturated rings. The number of carbonyl (C=O) groups excluding carboxylic acids is 2. The van der Waals surface area contributed by atoms with Crippen LogP contribution < -0.4 is 9.62 Å². The number of nitrogens with zero attached hydrogens (tertiary/aromatic N) is 2. The summed E-state index contributed by atoms with van der Waals surface area (Å²) in [6.07, 6.45) is 5.11. The first-order valence-electron chi connectivity index (χ1n) is 16.7. The van der Waals surface area contributed by atoms with Gasteiger partial charge in [-0.2, -0.15) is 0 Å². The third-order valence-electron chi connectivity index (χ3n) is 9.28. The van der Waals surface area contributed by atoms with Gasteiger partial charge in [-0.1, -0.05) is 103 Å². The van der Waals surface area contributed by atoms with Crippen LogP contribution in [0.1, 0.15) is 59.9 Å². The molecule has 0 bridgehead atoms. The Hall–Kier alpha value is -3.85. The molecule has 0 spiro atoms. The molecule has 0 saturated heterocycles. The summed E-state index contributed by atoms with van der Waals surface area (Å²) >= 11 is 13.3. The van der Waals surface area contributed by atoms with Gasteiger partial charge in [0, 0.05) is 34.6 Å². The molecular weight excluding hydrogens is 677 g/mol. The van der Waals surface area contributed by atoms with Gasteiger partial charge in [0.25, 0.3) is 10.0 Å². The van der Waals surface area contributed by atoms with Crippen molar-refractivity contribution in [2.45, 2.75) is 82.8 Å². The van der Waals surface area contributed by atoms with Crippen molar-refractivity contribution < 1.29 is 18.0 Å². The van der Waals surface area contributed by atoms with Crippen molar-refractivity contribution in [3.8, 4) is 0 Å². The lowest BCUT2D eigenvalue weighted by molar-refractivity contribution is -0.140. The molecule has 1 aliphatic carbocycles. The summed E-state index contributed by atoms with van der Waals surface area (Å²) in [7, 11) is -4.21. The Morgan fingerprint density at radius 2 is 1.47 bits per heavy atom. The second-order valence-corrected chi connectivity index (χ2v) is 15.5. The van der Waals surface area contributed by atoms with Crippen molar-refractivity contribution in [3.63, 3.8) is 0 Å². The highest BCUT2D eigenvalue weighted by Gasteiger charge is 2.36. The minimum Gasteiger partial charge on any atom is -0.352 e. The minimum atomic E-state index is -4.21. The Bertz CT molecular complexity index is 1860. The molecule has 258 valence electrons. The molecule has 5 rings (SSSR count). The molecule has 0 radical (unpaired) electrons. The van der Waals surface area contributed by atoms with Crippen molar-refractivity contribution >= 4 is 50.7 Å². The Kier molecular flexibility index (Phi) is 12.1. The normalized spacial score (nSPS) is 14.2. The summed E-state index contributed by atoms with van der Waals surface area (Å²) in [6, 6.07) is 25.4. The molecule has 0 aromatic heterocycles. The fraction of sp³-hybridized carbons (Fsp3) is 0.333. The maximum atomic E-state index is 14.8. The molecule has 0 aliphatic heterocycles. The van der Waals surface area contributed by atoms with Crippen LogP contribution in [0.25, 0.3) is 0 Å². The second-order valence-electron chi connectivity index (χ2n) is 12.9. The van der Waals surface area contributed by atoms with E-state index in [2.05, 4.69) is 5.32 Å². The van der Waals surface area contributed by atoms with Gasteiger partial charge in [-0.15, -0.1) is 0 Å². The molecule has 1 N–H and O–H groups in total. The average molecular weight is 721 g/mol. The predicted molar refractivity (Wildman–Crippen MR) is 198 cm³/mol. The lowest BCUT2D eigenvalue weighted by atomic mass is 9.94. The number of halogens is 2. The van der Waals surface area contributed by atoms with Crippen LogP contribution in [0.5, 0.6) is 0 Å². The third kappa shape index (κ3) is 9.04. The molecule has 1 aliphatic rings. The van der Waals surface area contributed by atoms with Crippen LogP contribution in [-0.2, 0) is 32.6 Å². The fourth-order valence-corrected chi connectivity index (χ4v) is 8.12. The predicted octanol–water partition coefficient (Wildman–Crippen LogP) is 8.20. The van der Waals surface area contributed by atoms with E-state index in [0.29, 0.717) is 21.3 Å². The van der Waals surface area contributed by atoms with E-state index in [9.17, 15) is 18.0 Å². The maximum absolute atomic E-state index is 14.8. The fourth-order valence-electron chi connectivity index (χ4n) is 6.20. The average Bonchev–Trinajstić information content (AvgIpc) is 3.08. The van der Waals surface area contributed by atoms with Gasteiger partial charge in [-0.3, -0.25) is 13.9 Å². The van der Waals surface area contributed by atoms with Crippen LogP contribution in [0, 0.1) is 20.8 Å². The number of sulfonamides is 1. The molecule has 0 unspecified atom stereocenters. The van der Waals surface area contributed by atoms with Gasteiger partial charge in [0.15, 0.2) is 0 Å². The number of rotatable bonds is 12. The first-order valence-corrected chi connectivity index (χ1v) is 18.9. The minimum absolute atomic E-state index is 0.00526. The van der Waals surface area contributed by atoms with Crippen LogP contribution in [0.4, 0.5) is 5.69 Å². The molecule has 2 amide bonds. The number of anilines is 1. The Morgan fingerprint density at radius 3 is 2.10 bits per heavy atom. The zero-order valence-electron chi connectivity index (χ0n) is 28.2. The van der Waals surface area contributed by atoms with Crippen molar-refractivity contribution in [3.05, 3.63) is 129 Å². The summed E-state index contributed by atoms with van der Waals surface area (Å²) < 4.78 is 29.8. The molecule has 0 heterocycles. The van der Waals surface area contributed by atoms with Gasteiger partial charge in [0.1, 0.15) is 12.6 Å². The Balaban J connectivity index is 1.60. The highest BCUT2D eigenvalue weighted by molar-refractivity contribution is 7.92. The molecule has 1 atom stereocenters. The van der Waals surface area contributed by atoms with E-state index in [0.717, 1.165) is 58.7 Å². The van der Waals surface area contributed by atoms with Crippen molar-refractivity contribution in [2.75, 3.05) is 10.8 Å². The summed E-state index contributed by atoms with van der Waals surface area (Å²) in [6.45, 7) is 5.07. The molecule has 1 saturated carbocycles. The molecule has 49 heavy (non-hydrogen) atoms. The number of nitrogens with one attached hydrogen (secondary N) is 1. The summed E-state index contributed by atoms with van der Waals surface area (Å²) in [5, 5.41) is 3.90. The van der Waals surface area contributed by atoms with Gasteiger partial charge in [-0.25, -0.2) is 8.42 Å². The highest BCUT2D eigenvalue weighted by atomic mass is 35.5. The van der Waals surface area contributed by atoms with Gasteiger partial charge in [0.2, 0.25) is 11.8 Å². The lowest BCUT2D eigenvalue weighted by Gasteiger charge is -2.35. The van der Waals surface area contributed by atoms with E-state index in [1.807, 2.05) is 57.2 Å². The summed E-state index contributed by atoms with van der Waals surface area (Å²) in [5.74, 6) is -0.865. The first kappa shape index (κ1) is 36.4. The zero-order valence-corrected chi connectivity index (χ0v) is 30.5.